The Morgan fingerprint density at radius 1 is 1.22 bits per heavy atom. The van der Waals surface area contributed by atoms with Gasteiger partial charge in [0.25, 0.3) is 0 Å². The van der Waals surface area contributed by atoms with Crippen LogP contribution >= 0.6 is 11.6 Å². The lowest BCUT2D eigenvalue weighted by Gasteiger charge is -2.30. The van der Waals surface area contributed by atoms with E-state index in [4.69, 9.17) is 16.7 Å². The van der Waals surface area contributed by atoms with E-state index < -0.39 is 31.3 Å². The lowest BCUT2D eigenvalue weighted by Crippen LogP contribution is -2.49. The highest BCUT2D eigenvalue weighted by Crippen LogP contribution is 2.26. The van der Waals surface area contributed by atoms with Crippen molar-refractivity contribution in [2.24, 2.45) is 0 Å². The lowest BCUT2D eigenvalue weighted by molar-refractivity contribution is 0.0692. The molecule has 0 atom stereocenters. The van der Waals surface area contributed by atoms with Crippen LogP contribution in [0.15, 0.2) is 18.2 Å². The SMILES string of the molecule is O=C(O)c1c(Cl)cccc1NC(CO)(CO)CO. The van der Waals surface area contributed by atoms with Crippen molar-refractivity contribution in [2.75, 3.05) is 25.1 Å². The minimum Gasteiger partial charge on any atom is -0.478 e. The summed E-state index contributed by atoms with van der Waals surface area (Å²) in [6.07, 6.45) is 0. The molecule has 1 rings (SSSR count). The molecule has 18 heavy (non-hydrogen) atoms. The van der Waals surface area contributed by atoms with Gasteiger partial charge in [-0.3, -0.25) is 0 Å². The summed E-state index contributed by atoms with van der Waals surface area (Å²) in [5.74, 6) is -1.24. The monoisotopic (exact) mass is 275 g/mol. The Balaban J connectivity index is 3.18. The smallest absolute Gasteiger partial charge is 0.339 e. The summed E-state index contributed by atoms with van der Waals surface area (Å²) in [7, 11) is 0. The third kappa shape index (κ3) is 2.91. The molecule has 0 aromatic heterocycles. The normalized spacial score (nSPS) is 11.3. The predicted octanol–water partition coefficient (Wildman–Crippen LogP) is 0.166. The molecule has 0 aliphatic carbocycles. The van der Waals surface area contributed by atoms with E-state index in [2.05, 4.69) is 5.32 Å². The summed E-state index contributed by atoms with van der Waals surface area (Å²) >= 11 is 5.77. The maximum absolute atomic E-state index is 11.1. The maximum atomic E-state index is 11.1. The molecule has 0 radical (unpaired) electrons. The topological polar surface area (TPSA) is 110 Å². The van der Waals surface area contributed by atoms with E-state index in [9.17, 15) is 20.1 Å². The molecule has 0 aliphatic rings. The molecule has 100 valence electrons. The fraction of sp³-hybridized carbons (Fsp3) is 0.364. The number of halogens is 1. The second-order valence-corrected chi connectivity index (χ2v) is 4.25. The van der Waals surface area contributed by atoms with E-state index in [1.165, 1.54) is 18.2 Å². The third-order valence-electron chi connectivity index (χ3n) is 2.54. The van der Waals surface area contributed by atoms with Crippen molar-refractivity contribution < 1.29 is 25.2 Å². The molecule has 0 heterocycles. The van der Waals surface area contributed by atoms with Crippen LogP contribution in [0.4, 0.5) is 5.69 Å². The summed E-state index contributed by atoms with van der Waals surface area (Å²) in [4.78, 5) is 11.1. The molecule has 0 spiro atoms. The highest BCUT2D eigenvalue weighted by molar-refractivity contribution is 6.34. The Hall–Kier alpha value is -1.34. The van der Waals surface area contributed by atoms with Gasteiger partial charge in [-0.05, 0) is 12.1 Å². The Labute approximate surface area is 108 Å². The van der Waals surface area contributed by atoms with E-state index in [1.54, 1.807) is 0 Å². The number of carbonyl (C=O) groups is 1. The van der Waals surface area contributed by atoms with Gasteiger partial charge in [0.1, 0.15) is 11.1 Å². The van der Waals surface area contributed by atoms with Gasteiger partial charge in [-0.1, -0.05) is 17.7 Å². The number of anilines is 1. The van der Waals surface area contributed by atoms with Crippen LogP contribution in [0.1, 0.15) is 10.4 Å². The number of hydrogen-bond acceptors (Lipinski definition) is 5. The van der Waals surface area contributed by atoms with Crippen LogP contribution in [0.25, 0.3) is 0 Å². The number of aromatic carboxylic acids is 1. The van der Waals surface area contributed by atoms with Crippen molar-refractivity contribution in [3.05, 3.63) is 28.8 Å². The molecule has 7 heteroatoms. The van der Waals surface area contributed by atoms with Crippen molar-refractivity contribution in [2.45, 2.75) is 5.54 Å². The molecular weight excluding hydrogens is 262 g/mol. The molecule has 0 saturated heterocycles. The van der Waals surface area contributed by atoms with Crippen molar-refractivity contribution >= 4 is 23.3 Å². The summed E-state index contributed by atoms with van der Waals surface area (Å²) in [5, 5.41) is 39.2. The molecule has 5 N–H and O–H groups in total. The van der Waals surface area contributed by atoms with Crippen LogP contribution in [0.2, 0.25) is 5.02 Å². The zero-order chi connectivity index (χ0) is 13.8. The second-order valence-electron chi connectivity index (χ2n) is 3.85. The number of carboxylic acids is 1. The highest BCUT2D eigenvalue weighted by Gasteiger charge is 2.29. The van der Waals surface area contributed by atoms with E-state index >= 15 is 0 Å². The quantitative estimate of drug-likeness (QED) is 0.506. The molecule has 0 unspecified atom stereocenters. The van der Waals surface area contributed by atoms with E-state index in [0.29, 0.717) is 0 Å². The van der Waals surface area contributed by atoms with Gasteiger partial charge < -0.3 is 25.7 Å². The summed E-state index contributed by atoms with van der Waals surface area (Å²) in [6.45, 7) is -1.69. The Kier molecular flexibility index (Phi) is 4.92. The zero-order valence-electron chi connectivity index (χ0n) is 9.43. The van der Waals surface area contributed by atoms with Crippen molar-refractivity contribution in [1.82, 2.24) is 0 Å². The van der Waals surface area contributed by atoms with Gasteiger partial charge in [0.05, 0.1) is 30.5 Å². The molecule has 0 saturated carbocycles. The molecule has 6 nitrogen and oxygen atoms in total. The maximum Gasteiger partial charge on any atom is 0.339 e. The van der Waals surface area contributed by atoms with E-state index in [-0.39, 0.29) is 16.3 Å². The van der Waals surface area contributed by atoms with Gasteiger partial charge in [0, 0.05) is 0 Å². The first-order chi connectivity index (χ1) is 8.49. The van der Waals surface area contributed by atoms with Gasteiger partial charge in [0.15, 0.2) is 0 Å². The predicted molar refractivity (Wildman–Crippen MR) is 66.0 cm³/mol. The summed E-state index contributed by atoms with van der Waals surface area (Å²) < 4.78 is 0. The van der Waals surface area contributed by atoms with Gasteiger partial charge in [0.2, 0.25) is 0 Å². The number of hydrogen-bond donors (Lipinski definition) is 5. The number of benzene rings is 1. The van der Waals surface area contributed by atoms with Gasteiger partial charge in [-0.15, -0.1) is 0 Å². The first kappa shape index (κ1) is 14.7. The molecular formula is C11H14ClNO5. The van der Waals surface area contributed by atoms with Crippen LogP contribution in [-0.4, -0.2) is 51.8 Å². The molecule has 0 bridgehead atoms. The molecule has 0 amide bonds. The lowest BCUT2D eigenvalue weighted by atomic mass is 10.0. The van der Waals surface area contributed by atoms with Gasteiger partial charge in [-0.25, -0.2) is 4.79 Å². The van der Waals surface area contributed by atoms with Crippen LogP contribution in [-0.2, 0) is 0 Å². The minimum absolute atomic E-state index is 0.0234. The van der Waals surface area contributed by atoms with Crippen molar-refractivity contribution in [3.63, 3.8) is 0 Å². The van der Waals surface area contributed by atoms with Crippen molar-refractivity contribution in [1.29, 1.82) is 0 Å². The Morgan fingerprint density at radius 3 is 2.22 bits per heavy atom. The number of aliphatic hydroxyl groups is 3. The van der Waals surface area contributed by atoms with Gasteiger partial charge >= 0.3 is 5.97 Å². The van der Waals surface area contributed by atoms with Crippen LogP contribution in [0.5, 0.6) is 0 Å². The van der Waals surface area contributed by atoms with E-state index in [0.717, 1.165) is 0 Å². The van der Waals surface area contributed by atoms with Crippen LogP contribution in [0, 0.1) is 0 Å². The van der Waals surface area contributed by atoms with E-state index in [1.807, 2.05) is 0 Å². The largest absolute Gasteiger partial charge is 0.478 e. The standard InChI is InChI=1S/C11H14ClNO5/c12-7-2-1-3-8(9(7)10(17)18)13-11(4-14,5-15)6-16/h1-3,13-16H,4-6H2,(H,17,18). The van der Waals surface area contributed by atoms with Crippen LogP contribution in [0.3, 0.4) is 0 Å². The molecule has 0 fully saturated rings. The average Bonchev–Trinajstić information content (AvgIpc) is 2.35. The number of carboxylic acid groups (broad SMARTS) is 1. The third-order valence-corrected chi connectivity index (χ3v) is 2.85. The molecule has 1 aromatic carbocycles. The fourth-order valence-corrected chi connectivity index (χ4v) is 1.66. The summed E-state index contributed by atoms with van der Waals surface area (Å²) in [5.41, 5.74) is -1.47. The molecule has 1 aromatic rings. The first-order valence-electron chi connectivity index (χ1n) is 5.12. The Morgan fingerprint density at radius 2 is 1.78 bits per heavy atom. The number of nitrogens with one attached hydrogen (secondary N) is 1. The number of rotatable bonds is 6. The first-order valence-corrected chi connectivity index (χ1v) is 5.50. The average molecular weight is 276 g/mol. The minimum atomic E-state index is -1.41. The fourth-order valence-electron chi connectivity index (χ4n) is 1.40. The number of aliphatic hydroxyl groups excluding tert-OH is 3. The van der Waals surface area contributed by atoms with Gasteiger partial charge in [-0.2, -0.15) is 0 Å². The van der Waals surface area contributed by atoms with Crippen molar-refractivity contribution in [3.8, 4) is 0 Å². The zero-order valence-corrected chi connectivity index (χ0v) is 10.2. The summed E-state index contributed by atoms with van der Waals surface area (Å²) in [6, 6.07) is 4.37. The van der Waals surface area contributed by atoms with Crippen LogP contribution < -0.4 is 5.32 Å². The molecule has 0 aliphatic heterocycles. The highest BCUT2D eigenvalue weighted by atomic mass is 35.5. The second kappa shape index (κ2) is 6.01. The Bertz CT molecular complexity index is 425.